The number of ether oxygens (including phenoxy) is 1. The predicted octanol–water partition coefficient (Wildman–Crippen LogP) is 2.67. The average Bonchev–Trinajstić information content (AvgIpc) is 2.86. The molecule has 0 saturated heterocycles. The summed E-state index contributed by atoms with van der Waals surface area (Å²) in [5, 5.41) is 0. The minimum Gasteiger partial charge on any atom is -0.496 e. The minimum absolute atomic E-state index is 0.0754. The average molecular weight is 262 g/mol. The summed E-state index contributed by atoms with van der Waals surface area (Å²) in [4.78, 5) is 16.4. The van der Waals surface area contributed by atoms with Crippen LogP contribution >= 0.6 is 0 Å². The number of carbonyl (C=O) groups is 1. The quantitative estimate of drug-likeness (QED) is 0.778. The fourth-order valence-corrected chi connectivity index (χ4v) is 1.95. The maximum atomic E-state index is 13.9. The van der Waals surface area contributed by atoms with Crippen LogP contribution in [0.25, 0.3) is 0 Å². The molecule has 0 saturated carbocycles. The zero-order chi connectivity index (χ0) is 13.8. The van der Waals surface area contributed by atoms with Gasteiger partial charge in [0.25, 0.3) is 0 Å². The number of aryl methyl sites for hydroxylation is 1. The molecular formula is C14H15FN2O2. The van der Waals surface area contributed by atoms with Crippen LogP contribution in [-0.2, 0) is 6.54 Å². The fourth-order valence-electron chi connectivity index (χ4n) is 1.95. The Labute approximate surface area is 110 Å². The number of imidazole rings is 1. The van der Waals surface area contributed by atoms with Crippen LogP contribution in [0.15, 0.2) is 30.6 Å². The summed E-state index contributed by atoms with van der Waals surface area (Å²) in [6.07, 6.45) is 4.12. The monoisotopic (exact) mass is 262 g/mol. The molecule has 0 aliphatic carbocycles. The summed E-state index contributed by atoms with van der Waals surface area (Å²) in [5.74, 6) is -0.620. The molecular weight excluding hydrogens is 247 g/mol. The molecule has 0 unspecified atom stereocenters. The van der Waals surface area contributed by atoms with Gasteiger partial charge in [0, 0.05) is 18.9 Å². The predicted molar refractivity (Wildman–Crippen MR) is 68.9 cm³/mol. The standard InChI is InChI=1S/C14H15FN2O2/c1-3-8-17-9-7-16-14(17)13(18)12-10(15)5-4-6-11(12)19-2/h4-7,9H,3,8H2,1-2H3. The molecule has 0 bridgehead atoms. The number of methoxy groups -OCH3 is 1. The Bertz CT molecular complexity index is 593. The maximum absolute atomic E-state index is 13.9. The first-order valence-corrected chi connectivity index (χ1v) is 6.07. The third-order valence-electron chi connectivity index (χ3n) is 2.81. The van der Waals surface area contributed by atoms with Gasteiger partial charge in [-0.05, 0) is 18.6 Å². The molecule has 0 radical (unpaired) electrons. The van der Waals surface area contributed by atoms with Crippen LogP contribution in [0.4, 0.5) is 4.39 Å². The zero-order valence-corrected chi connectivity index (χ0v) is 10.9. The number of benzene rings is 1. The molecule has 0 aliphatic rings. The van der Waals surface area contributed by atoms with Gasteiger partial charge in [-0.25, -0.2) is 9.37 Å². The third-order valence-corrected chi connectivity index (χ3v) is 2.81. The Morgan fingerprint density at radius 2 is 2.26 bits per heavy atom. The van der Waals surface area contributed by atoms with Gasteiger partial charge in [0.2, 0.25) is 5.78 Å². The number of hydrogen-bond donors (Lipinski definition) is 0. The van der Waals surface area contributed by atoms with E-state index < -0.39 is 11.6 Å². The zero-order valence-electron chi connectivity index (χ0n) is 10.9. The normalized spacial score (nSPS) is 10.5. The van der Waals surface area contributed by atoms with Crippen LogP contribution in [0.2, 0.25) is 0 Å². The second kappa shape index (κ2) is 5.65. The minimum atomic E-state index is -0.601. The molecule has 1 heterocycles. The summed E-state index contributed by atoms with van der Waals surface area (Å²) in [6, 6.07) is 4.30. The number of nitrogens with zero attached hydrogens (tertiary/aromatic N) is 2. The Kier molecular flexibility index (Phi) is 3.94. The van der Waals surface area contributed by atoms with Gasteiger partial charge < -0.3 is 9.30 Å². The van der Waals surface area contributed by atoms with Crippen molar-refractivity contribution in [2.45, 2.75) is 19.9 Å². The molecule has 1 aromatic heterocycles. The highest BCUT2D eigenvalue weighted by Gasteiger charge is 2.22. The number of halogens is 1. The molecule has 0 fully saturated rings. The van der Waals surface area contributed by atoms with Crippen molar-refractivity contribution in [3.63, 3.8) is 0 Å². The van der Waals surface area contributed by atoms with Gasteiger partial charge in [0.15, 0.2) is 5.82 Å². The van der Waals surface area contributed by atoms with Crippen molar-refractivity contribution in [2.24, 2.45) is 0 Å². The SMILES string of the molecule is CCCn1ccnc1C(=O)c1c(F)cccc1OC. The molecule has 0 atom stereocenters. The van der Waals surface area contributed by atoms with E-state index in [4.69, 9.17) is 4.74 Å². The molecule has 0 spiro atoms. The lowest BCUT2D eigenvalue weighted by Crippen LogP contribution is -2.14. The summed E-state index contributed by atoms with van der Waals surface area (Å²) in [5.41, 5.74) is -0.0754. The van der Waals surface area contributed by atoms with E-state index in [1.165, 1.54) is 25.4 Å². The van der Waals surface area contributed by atoms with Crippen molar-refractivity contribution >= 4 is 5.78 Å². The van der Waals surface area contributed by atoms with Crippen LogP contribution in [0.1, 0.15) is 29.5 Å². The first-order chi connectivity index (χ1) is 9.19. The fraction of sp³-hybridized carbons (Fsp3) is 0.286. The van der Waals surface area contributed by atoms with E-state index in [1.54, 1.807) is 16.8 Å². The van der Waals surface area contributed by atoms with Crippen LogP contribution < -0.4 is 4.74 Å². The van der Waals surface area contributed by atoms with E-state index in [9.17, 15) is 9.18 Å². The molecule has 5 heteroatoms. The largest absolute Gasteiger partial charge is 0.496 e. The highest BCUT2D eigenvalue weighted by Crippen LogP contribution is 2.23. The van der Waals surface area contributed by atoms with Crippen molar-refractivity contribution in [1.82, 2.24) is 9.55 Å². The van der Waals surface area contributed by atoms with E-state index in [0.29, 0.717) is 6.54 Å². The van der Waals surface area contributed by atoms with Gasteiger partial charge in [-0.2, -0.15) is 0 Å². The van der Waals surface area contributed by atoms with Crippen LogP contribution in [0, 0.1) is 5.82 Å². The second-order valence-corrected chi connectivity index (χ2v) is 4.09. The summed E-state index contributed by atoms with van der Waals surface area (Å²) >= 11 is 0. The Morgan fingerprint density at radius 1 is 1.47 bits per heavy atom. The van der Waals surface area contributed by atoms with Crippen LogP contribution in [0.3, 0.4) is 0 Å². The lowest BCUT2D eigenvalue weighted by Gasteiger charge is -2.09. The highest BCUT2D eigenvalue weighted by molar-refractivity contribution is 6.08. The molecule has 19 heavy (non-hydrogen) atoms. The van der Waals surface area contributed by atoms with E-state index in [0.717, 1.165) is 6.42 Å². The highest BCUT2D eigenvalue weighted by atomic mass is 19.1. The molecule has 2 aromatic rings. The summed E-state index contributed by atoms with van der Waals surface area (Å²) < 4.78 is 20.6. The lowest BCUT2D eigenvalue weighted by molar-refractivity contribution is 0.101. The van der Waals surface area contributed by atoms with Gasteiger partial charge in [0.05, 0.1) is 7.11 Å². The molecule has 2 rings (SSSR count). The van der Waals surface area contributed by atoms with Crippen molar-refractivity contribution < 1.29 is 13.9 Å². The van der Waals surface area contributed by atoms with Crippen molar-refractivity contribution in [2.75, 3.05) is 7.11 Å². The van der Waals surface area contributed by atoms with E-state index >= 15 is 0 Å². The summed E-state index contributed by atoms with van der Waals surface area (Å²) in [6.45, 7) is 2.66. The molecule has 1 aromatic carbocycles. The Morgan fingerprint density at radius 3 is 2.95 bits per heavy atom. The molecule has 4 nitrogen and oxygen atoms in total. The topological polar surface area (TPSA) is 44.1 Å². The number of rotatable bonds is 5. The van der Waals surface area contributed by atoms with Crippen molar-refractivity contribution in [3.8, 4) is 5.75 Å². The summed E-state index contributed by atoms with van der Waals surface area (Å²) in [7, 11) is 1.41. The van der Waals surface area contributed by atoms with Crippen LogP contribution in [-0.4, -0.2) is 22.4 Å². The maximum Gasteiger partial charge on any atom is 0.235 e. The first-order valence-electron chi connectivity index (χ1n) is 6.07. The second-order valence-electron chi connectivity index (χ2n) is 4.09. The van der Waals surface area contributed by atoms with Crippen LogP contribution in [0.5, 0.6) is 5.75 Å². The number of hydrogen-bond acceptors (Lipinski definition) is 3. The molecule has 0 N–H and O–H groups in total. The van der Waals surface area contributed by atoms with Crippen molar-refractivity contribution in [3.05, 3.63) is 47.8 Å². The Hall–Kier alpha value is -2.17. The first kappa shape index (κ1) is 13.3. The third kappa shape index (κ3) is 2.50. The van der Waals surface area contributed by atoms with E-state index in [1.807, 2.05) is 6.92 Å². The number of carbonyl (C=O) groups excluding carboxylic acids is 1. The lowest BCUT2D eigenvalue weighted by atomic mass is 10.1. The number of aromatic nitrogens is 2. The van der Waals surface area contributed by atoms with E-state index in [-0.39, 0.29) is 17.1 Å². The molecule has 0 aliphatic heterocycles. The smallest absolute Gasteiger partial charge is 0.235 e. The molecule has 100 valence electrons. The van der Waals surface area contributed by atoms with Gasteiger partial charge in [0.1, 0.15) is 17.1 Å². The Balaban J connectivity index is 2.47. The van der Waals surface area contributed by atoms with Gasteiger partial charge in [-0.3, -0.25) is 4.79 Å². The van der Waals surface area contributed by atoms with Gasteiger partial charge in [-0.15, -0.1) is 0 Å². The van der Waals surface area contributed by atoms with Crippen molar-refractivity contribution in [1.29, 1.82) is 0 Å². The van der Waals surface area contributed by atoms with Gasteiger partial charge >= 0.3 is 0 Å². The number of ketones is 1. The van der Waals surface area contributed by atoms with E-state index in [2.05, 4.69) is 4.98 Å². The van der Waals surface area contributed by atoms with Gasteiger partial charge in [-0.1, -0.05) is 13.0 Å². The molecule has 0 amide bonds.